The predicted molar refractivity (Wildman–Crippen MR) is 63.5 cm³/mol. The van der Waals surface area contributed by atoms with Gasteiger partial charge < -0.3 is 9.73 Å². The van der Waals surface area contributed by atoms with Crippen LogP contribution in [0.3, 0.4) is 0 Å². The number of nitrogens with zero attached hydrogens (tertiary/aromatic N) is 2. The molecule has 17 heavy (non-hydrogen) atoms. The Labute approximate surface area is 107 Å². The van der Waals surface area contributed by atoms with Gasteiger partial charge in [-0.25, -0.2) is 9.97 Å². The molecule has 1 amide bonds. The number of rotatable bonds is 2. The maximum Gasteiger partial charge on any atom is 0.260 e. The van der Waals surface area contributed by atoms with Gasteiger partial charge in [-0.15, -0.1) is 0 Å². The Morgan fingerprint density at radius 1 is 1.41 bits per heavy atom. The number of amides is 1. The Morgan fingerprint density at radius 3 is 2.82 bits per heavy atom. The van der Waals surface area contributed by atoms with Gasteiger partial charge in [0.15, 0.2) is 11.0 Å². The normalized spacial score (nSPS) is 10.3. The average Bonchev–Trinajstić information content (AvgIpc) is 2.72. The Hall–Kier alpha value is -1.59. The maximum atomic E-state index is 11.8. The molecule has 1 N–H and O–H groups in total. The lowest BCUT2D eigenvalue weighted by Gasteiger charge is -2.04. The second-order valence-corrected chi connectivity index (χ2v) is 3.96. The molecule has 0 aliphatic rings. The van der Waals surface area contributed by atoms with Crippen molar-refractivity contribution in [1.82, 2.24) is 9.97 Å². The zero-order chi connectivity index (χ0) is 12.4. The lowest BCUT2D eigenvalue weighted by Crippen LogP contribution is -2.12. The van der Waals surface area contributed by atoms with Crippen molar-refractivity contribution in [2.75, 3.05) is 5.32 Å². The van der Waals surface area contributed by atoms with E-state index < -0.39 is 0 Å². The summed E-state index contributed by atoms with van der Waals surface area (Å²) in [6.07, 6.45) is 2.56. The van der Waals surface area contributed by atoms with Gasteiger partial charge in [0.1, 0.15) is 23.4 Å². The Bertz CT molecular complexity index is 568. The van der Waals surface area contributed by atoms with Crippen molar-refractivity contribution in [3.63, 3.8) is 0 Å². The number of furan rings is 1. The molecule has 7 heteroatoms. The average molecular weight is 272 g/mol. The van der Waals surface area contributed by atoms with E-state index in [1.165, 1.54) is 12.6 Å². The third-order valence-electron chi connectivity index (χ3n) is 1.97. The number of hydrogen-bond acceptors (Lipinski definition) is 4. The fourth-order valence-electron chi connectivity index (χ4n) is 1.18. The van der Waals surface area contributed by atoms with E-state index in [0.29, 0.717) is 11.3 Å². The molecule has 0 aliphatic carbocycles. The van der Waals surface area contributed by atoms with E-state index in [0.717, 1.165) is 0 Å². The Balaban J connectivity index is 2.21. The first-order chi connectivity index (χ1) is 8.08. The summed E-state index contributed by atoms with van der Waals surface area (Å²) < 4.78 is 5.02. The highest BCUT2D eigenvalue weighted by Crippen LogP contribution is 2.25. The summed E-state index contributed by atoms with van der Waals surface area (Å²) in [6, 6.07) is 1.60. The zero-order valence-electron chi connectivity index (χ0n) is 8.70. The Morgan fingerprint density at radius 2 is 2.18 bits per heavy atom. The lowest BCUT2D eigenvalue weighted by atomic mass is 10.3. The highest BCUT2D eigenvalue weighted by Gasteiger charge is 2.13. The first-order valence-corrected chi connectivity index (χ1v) is 5.36. The molecule has 0 aromatic carbocycles. The van der Waals surface area contributed by atoms with Gasteiger partial charge >= 0.3 is 0 Å². The van der Waals surface area contributed by atoms with Crippen LogP contribution in [0.4, 0.5) is 5.82 Å². The molecular formula is C10H7Cl2N3O2. The van der Waals surface area contributed by atoms with Crippen LogP contribution >= 0.6 is 23.2 Å². The van der Waals surface area contributed by atoms with Crippen LogP contribution in [0.1, 0.15) is 16.1 Å². The van der Waals surface area contributed by atoms with E-state index in [-0.39, 0.29) is 21.9 Å². The quantitative estimate of drug-likeness (QED) is 0.853. The number of carbonyl (C=O) groups is 1. The molecule has 88 valence electrons. The minimum atomic E-state index is -0.376. The molecule has 2 heterocycles. The molecule has 2 rings (SSSR count). The molecule has 0 aliphatic heterocycles. The van der Waals surface area contributed by atoms with Gasteiger partial charge in [-0.1, -0.05) is 23.2 Å². The Kier molecular flexibility index (Phi) is 3.31. The highest BCUT2D eigenvalue weighted by molar-refractivity contribution is 6.43. The van der Waals surface area contributed by atoms with Crippen molar-refractivity contribution in [2.24, 2.45) is 0 Å². The molecular weight excluding hydrogens is 265 g/mol. The van der Waals surface area contributed by atoms with Crippen LogP contribution in [-0.4, -0.2) is 15.9 Å². The number of hydrogen-bond donors (Lipinski definition) is 1. The van der Waals surface area contributed by atoms with Crippen LogP contribution < -0.4 is 5.32 Å². The van der Waals surface area contributed by atoms with Crippen molar-refractivity contribution in [2.45, 2.75) is 6.92 Å². The fraction of sp³-hybridized carbons (Fsp3) is 0.100. The fourth-order valence-corrected chi connectivity index (χ4v) is 1.46. The number of aryl methyl sites for hydroxylation is 1. The van der Waals surface area contributed by atoms with Crippen LogP contribution in [-0.2, 0) is 0 Å². The second-order valence-electron chi connectivity index (χ2n) is 3.23. The van der Waals surface area contributed by atoms with Gasteiger partial charge in [-0.3, -0.25) is 4.79 Å². The van der Waals surface area contributed by atoms with E-state index >= 15 is 0 Å². The van der Waals surface area contributed by atoms with Crippen LogP contribution in [0.25, 0.3) is 0 Å². The first-order valence-electron chi connectivity index (χ1n) is 4.60. The van der Waals surface area contributed by atoms with Crippen molar-refractivity contribution in [1.29, 1.82) is 0 Å². The number of nitrogens with one attached hydrogen (secondary N) is 1. The van der Waals surface area contributed by atoms with Gasteiger partial charge in [0, 0.05) is 0 Å². The summed E-state index contributed by atoms with van der Waals surface area (Å²) in [6.45, 7) is 1.74. The predicted octanol–water partition coefficient (Wildman–Crippen LogP) is 2.94. The molecule has 2 aromatic rings. The maximum absolute atomic E-state index is 11.8. The minimum Gasteiger partial charge on any atom is -0.469 e. The number of anilines is 1. The molecule has 5 nitrogen and oxygen atoms in total. The van der Waals surface area contributed by atoms with Crippen LogP contribution in [0.5, 0.6) is 0 Å². The number of halogens is 2. The van der Waals surface area contributed by atoms with Crippen molar-refractivity contribution >= 4 is 34.9 Å². The van der Waals surface area contributed by atoms with E-state index in [1.54, 1.807) is 13.0 Å². The number of aromatic nitrogens is 2. The minimum absolute atomic E-state index is 0.0836. The molecule has 0 unspecified atom stereocenters. The molecule has 0 spiro atoms. The number of carbonyl (C=O) groups excluding carboxylic acids is 1. The summed E-state index contributed by atoms with van der Waals surface area (Å²) in [5.74, 6) is 0.427. The smallest absolute Gasteiger partial charge is 0.260 e. The summed E-state index contributed by atoms with van der Waals surface area (Å²) >= 11 is 11.5. The third-order valence-corrected chi connectivity index (χ3v) is 2.71. The monoisotopic (exact) mass is 271 g/mol. The largest absolute Gasteiger partial charge is 0.469 e. The zero-order valence-corrected chi connectivity index (χ0v) is 10.2. The first kappa shape index (κ1) is 11.9. The van der Waals surface area contributed by atoms with Gasteiger partial charge in [0.2, 0.25) is 0 Å². The van der Waals surface area contributed by atoms with E-state index in [2.05, 4.69) is 15.3 Å². The SMILES string of the molecule is Cc1cc(C(=O)Nc2ncnc(Cl)c2Cl)co1. The van der Waals surface area contributed by atoms with Crippen LogP contribution in [0.15, 0.2) is 23.1 Å². The molecule has 0 saturated heterocycles. The third kappa shape index (κ3) is 2.57. The molecule has 2 aromatic heterocycles. The van der Waals surface area contributed by atoms with Gasteiger partial charge in [-0.2, -0.15) is 0 Å². The highest BCUT2D eigenvalue weighted by atomic mass is 35.5. The van der Waals surface area contributed by atoms with E-state index in [1.807, 2.05) is 0 Å². The topological polar surface area (TPSA) is 68.0 Å². The van der Waals surface area contributed by atoms with Crippen molar-refractivity contribution < 1.29 is 9.21 Å². The summed E-state index contributed by atoms with van der Waals surface area (Å²) in [4.78, 5) is 19.3. The lowest BCUT2D eigenvalue weighted by molar-refractivity contribution is 0.102. The summed E-state index contributed by atoms with van der Waals surface area (Å²) in [5.41, 5.74) is 0.383. The van der Waals surface area contributed by atoms with E-state index in [4.69, 9.17) is 27.6 Å². The standard InChI is InChI=1S/C10H7Cl2N3O2/c1-5-2-6(3-17-5)10(16)15-9-7(11)8(12)13-4-14-9/h2-4H,1H3,(H,13,14,15,16). The van der Waals surface area contributed by atoms with Gasteiger partial charge in [0.25, 0.3) is 5.91 Å². The van der Waals surface area contributed by atoms with Crippen LogP contribution in [0.2, 0.25) is 10.2 Å². The molecule has 0 atom stereocenters. The second kappa shape index (κ2) is 4.73. The van der Waals surface area contributed by atoms with E-state index in [9.17, 15) is 4.79 Å². The molecule has 0 radical (unpaired) electrons. The van der Waals surface area contributed by atoms with Crippen LogP contribution in [0, 0.1) is 6.92 Å². The van der Waals surface area contributed by atoms with Gasteiger partial charge in [0.05, 0.1) is 5.56 Å². The van der Waals surface area contributed by atoms with Crippen molar-refractivity contribution in [3.8, 4) is 0 Å². The van der Waals surface area contributed by atoms with Gasteiger partial charge in [-0.05, 0) is 13.0 Å². The molecule has 0 bridgehead atoms. The summed E-state index contributed by atoms with van der Waals surface area (Å²) in [5, 5.41) is 2.70. The summed E-state index contributed by atoms with van der Waals surface area (Å²) in [7, 11) is 0. The molecule has 0 fully saturated rings. The molecule has 0 saturated carbocycles. The van der Waals surface area contributed by atoms with Crippen molar-refractivity contribution in [3.05, 3.63) is 40.2 Å².